The number of carbonyl (C=O) groups is 3. The van der Waals surface area contributed by atoms with E-state index in [4.69, 9.17) is 9.47 Å². The second-order valence-electron chi connectivity index (χ2n) is 9.50. The molecule has 0 aromatic heterocycles. The monoisotopic (exact) mass is 515 g/mol. The fourth-order valence-electron chi connectivity index (χ4n) is 4.06. The van der Waals surface area contributed by atoms with Crippen LogP contribution < -0.4 is 15.4 Å². The number of nitrogens with one attached hydrogen (secondary N) is 2. The summed E-state index contributed by atoms with van der Waals surface area (Å²) < 4.78 is 10.7. The summed E-state index contributed by atoms with van der Waals surface area (Å²) >= 11 is 0. The molecule has 0 bridgehead atoms. The third kappa shape index (κ3) is 9.07. The number of rotatable bonds is 13. The van der Waals surface area contributed by atoms with Crippen molar-refractivity contribution < 1.29 is 23.9 Å². The lowest BCUT2D eigenvalue weighted by Gasteiger charge is -2.24. The van der Waals surface area contributed by atoms with Gasteiger partial charge in [0.05, 0.1) is 13.2 Å². The Morgan fingerprint density at radius 1 is 0.842 bits per heavy atom. The second kappa shape index (κ2) is 14.6. The Kier molecular flexibility index (Phi) is 10.9. The zero-order chi connectivity index (χ0) is 27.3. The maximum atomic E-state index is 13.4. The molecular formula is C31H35N2O5. The van der Waals surface area contributed by atoms with Crippen LogP contribution in [-0.2, 0) is 33.8 Å². The molecule has 2 N–H and O–H groups in total. The van der Waals surface area contributed by atoms with Gasteiger partial charge in [-0.25, -0.2) is 4.79 Å². The molecule has 0 saturated heterocycles. The van der Waals surface area contributed by atoms with Crippen molar-refractivity contribution in [2.24, 2.45) is 5.92 Å². The summed E-state index contributed by atoms with van der Waals surface area (Å²) in [5.41, 5.74) is 2.37. The van der Waals surface area contributed by atoms with Gasteiger partial charge in [0.25, 0.3) is 0 Å². The first-order valence-corrected chi connectivity index (χ1v) is 12.7. The number of hydrogen-bond acceptors (Lipinski definition) is 5. The quantitative estimate of drug-likeness (QED) is 0.345. The fourth-order valence-corrected chi connectivity index (χ4v) is 4.06. The van der Waals surface area contributed by atoms with Crippen LogP contribution in [0.3, 0.4) is 0 Å². The number of benzene rings is 3. The number of Topliss-reactive ketones (excluding diaryl/α,β-unsaturated/α-hetero) is 1. The van der Waals surface area contributed by atoms with Crippen LogP contribution in [-0.4, -0.2) is 37.0 Å². The molecule has 2 atom stereocenters. The SMILES string of the molecule is COc1ccc[c]c1CC(=O)[C@H](Cc1ccccc1)NC(=O)[C@H](CC(C)C)NC(=O)OCc1ccccc1. The van der Waals surface area contributed by atoms with Gasteiger partial charge in [0.15, 0.2) is 5.78 Å². The highest BCUT2D eigenvalue weighted by atomic mass is 16.5. The Balaban J connectivity index is 1.73. The number of amides is 2. The van der Waals surface area contributed by atoms with Gasteiger partial charge in [-0.2, -0.15) is 0 Å². The van der Waals surface area contributed by atoms with Gasteiger partial charge in [0.1, 0.15) is 18.4 Å². The number of ether oxygens (including phenoxy) is 2. The molecule has 0 aliphatic rings. The van der Waals surface area contributed by atoms with Crippen LogP contribution in [0.2, 0.25) is 0 Å². The first kappa shape index (κ1) is 28.4. The molecule has 1 radical (unpaired) electrons. The predicted molar refractivity (Wildman–Crippen MR) is 146 cm³/mol. The molecule has 0 spiro atoms. The van der Waals surface area contributed by atoms with Gasteiger partial charge in [-0.1, -0.05) is 86.6 Å². The lowest BCUT2D eigenvalue weighted by atomic mass is 9.96. The highest BCUT2D eigenvalue weighted by Crippen LogP contribution is 2.19. The molecule has 38 heavy (non-hydrogen) atoms. The van der Waals surface area contributed by atoms with Crippen LogP contribution >= 0.6 is 0 Å². The van der Waals surface area contributed by atoms with E-state index in [1.54, 1.807) is 25.3 Å². The van der Waals surface area contributed by atoms with E-state index in [1.807, 2.05) is 74.5 Å². The summed E-state index contributed by atoms with van der Waals surface area (Å²) in [5.74, 6) is 0.0596. The maximum absolute atomic E-state index is 13.4. The van der Waals surface area contributed by atoms with E-state index in [0.717, 1.165) is 11.1 Å². The van der Waals surface area contributed by atoms with Crippen molar-refractivity contribution in [3.8, 4) is 5.75 Å². The summed E-state index contributed by atoms with van der Waals surface area (Å²) in [6.07, 6.45) is 0.0549. The van der Waals surface area contributed by atoms with E-state index >= 15 is 0 Å². The van der Waals surface area contributed by atoms with Gasteiger partial charge >= 0.3 is 6.09 Å². The number of carbonyl (C=O) groups excluding carboxylic acids is 3. The number of methoxy groups -OCH3 is 1. The smallest absolute Gasteiger partial charge is 0.408 e. The molecule has 2 amide bonds. The van der Waals surface area contributed by atoms with E-state index in [-0.39, 0.29) is 24.7 Å². The van der Waals surface area contributed by atoms with Crippen molar-refractivity contribution in [3.63, 3.8) is 0 Å². The minimum absolute atomic E-state index is 0.0448. The van der Waals surface area contributed by atoms with E-state index in [9.17, 15) is 14.4 Å². The molecule has 7 heteroatoms. The lowest BCUT2D eigenvalue weighted by Crippen LogP contribution is -2.53. The predicted octanol–water partition coefficient (Wildman–Crippen LogP) is 4.68. The van der Waals surface area contributed by atoms with Gasteiger partial charge in [-0.3, -0.25) is 9.59 Å². The van der Waals surface area contributed by atoms with Crippen molar-refractivity contribution in [1.82, 2.24) is 10.6 Å². The summed E-state index contributed by atoms with van der Waals surface area (Å²) in [6, 6.07) is 25.5. The minimum Gasteiger partial charge on any atom is -0.496 e. The van der Waals surface area contributed by atoms with E-state index in [2.05, 4.69) is 16.7 Å². The van der Waals surface area contributed by atoms with Crippen LogP contribution in [0.25, 0.3) is 0 Å². The lowest BCUT2D eigenvalue weighted by molar-refractivity contribution is -0.129. The largest absolute Gasteiger partial charge is 0.496 e. The normalized spacial score (nSPS) is 12.3. The third-order valence-electron chi connectivity index (χ3n) is 5.99. The number of alkyl carbamates (subject to hydrolysis) is 1. The second-order valence-corrected chi connectivity index (χ2v) is 9.50. The van der Waals surface area contributed by atoms with Crippen LogP contribution in [0.4, 0.5) is 4.79 Å². The van der Waals surface area contributed by atoms with E-state index in [1.165, 1.54) is 0 Å². The first-order chi connectivity index (χ1) is 18.4. The third-order valence-corrected chi connectivity index (χ3v) is 5.99. The summed E-state index contributed by atoms with van der Waals surface area (Å²) in [5, 5.41) is 5.58. The molecule has 0 heterocycles. The molecule has 0 unspecified atom stereocenters. The zero-order valence-electron chi connectivity index (χ0n) is 22.1. The average Bonchev–Trinajstić information content (AvgIpc) is 2.92. The minimum atomic E-state index is -0.859. The Bertz CT molecular complexity index is 1180. The van der Waals surface area contributed by atoms with Gasteiger partial charge in [0.2, 0.25) is 5.91 Å². The Morgan fingerprint density at radius 3 is 2.13 bits per heavy atom. The van der Waals surface area contributed by atoms with Crippen molar-refractivity contribution in [2.45, 2.75) is 51.8 Å². The average molecular weight is 516 g/mol. The molecule has 3 aromatic carbocycles. The van der Waals surface area contributed by atoms with Gasteiger partial charge < -0.3 is 20.1 Å². The molecule has 0 aliphatic carbocycles. The van der Waals surface area contributed by atoms with Crippen molar-refractivity contribution in [1.29, 1.82) is 0 Å². The summed E-state index contributed by atoms with van der Waals surface area (Å²) in [7, 11) is 1.54. The molecule has 0 fully saturated rings. The van der Waals surface area contributed by atoms with Gasteiger partial charge in [0, 0.05) is 12.0 Å². The van der Waals surface area contributed by atoms with Crippen LogP contribution in [0.15, 0.2) is 78.9 Å². The van der Waals surface area contributed by atoms with Crippen LogP contribution in [0, 0.1) is 12.0 Å². The molecule has 0 aliphatic heterocycles. The fraction of sp³-hybridized carbons (Fsp3) is 0.323. The highest BCUT2D eigenvalue weighted by molar-refractivity contribution is 5.93. The first-order valence-electron chi connectivity index (χ1n) is 12.7. The molecular weight excluding hydrogens is 480 g/mol. The molecule has 0 saturated carbocycles. The zero-order valence-corrected chi connectivity index (χ0v) is 22.1. The topological polar surface area (TPSA) is 93.7 Å². The molecule has 3 aromatic rings. The molecule has 199 valence electrons. The number of hydrogen-bond donors (Lipinski definition) is 2. The van der Waals surface area contributed by atoms with Crippen LogP contribution in [0.5, 0.6) is 5.75 Å². The number of ketones is 1. The van der Waals surface area contributed by atoms with E-state index < -0.39 is 24.1 Å². The Hall–Kier alpha value is -4.13. The van der Waals surface area contributed by atoms with E-state index in [0.29, 0.717) is 24.2 Å². The van der Waals surface area contributed by atoms with Crippen molar-refractivity contribution in [3.05, 3.63) is 102 Å². The van der Waals surface area contributed by atoms with Gasteiger partial charge in [-0.15, -0.1) is 0 Å². The van der Waals surface area contributed by atoms with Crippen molar-refractivity contribution in [2.75, 3.05) is 7.11 Å². The highest BCUT2D eigenvalue weighted by Gasteiger charge is 2.28. The standard InChI is InChI=1S/C31H35N2O5/c1-22(2)18-27(33-31(36)38-21-24-14-8-5-9-15-24)30(35)32-26(19-23-12-6-4-7-13-23)28(34)20-25-16-10-11-17-29(25)37-3/h4-15,17,22,26-27H,18-21H2,1-3H3,(H,32,35)(H,33,36)/t26-,27-/m0/s1. The van der Waals surface area contributed by atoms with Gasteiger partial charge in [-0.05, 0) is 42.0 Å². The summed E-state index contributed by atoms with van der Waals surface area (Å²) in [6.45, 7) is 4.01. The Labute approximate surface area is 224 Å². The Morgan fingerprint density at radius 2 is 1.50 bits per heavy atom. The van der Waals surface area contributed by atoms with Crippen LogP contribution in [0.1, 0.15) is 37.0 Å². The maximum Gasteiger partial charge on any atom is 0.408 e. The molecule has 3 rings (SSSR count). The van der Waals surface area contributed by atoms with Crippen molar-refractivity contribution >= 4 is 17.8 Å². The summed E-state index contributed by atoms with van der Waals surface area (Å²) in [4.78, 5) is 39.4. The molecule has 7 nitrogen and oxygen atoms in total.